The predicted octanol–water partition coefficient (Wildman–Crippen LogP) is 1.85. The first-order valence-electron chi connectivity index (χ1n) is 10.1. The SMILES string of the molecule is C=C1[C@H](c2ccccc2)[C@]1(NS(=O)(=O)N1CCN(C(=O)Nc2ccccc2)CC1)C(=O)O. The minimum atomic E-state index is -4.12. The van der Waals surface area contributed by atoms with Crippen LogP contribution in [0.4, 0.5) is 10.5 Å². The predicted molar refractivity (Wildman–Crippen MR) is 119 cm³/mol. The molecule has 9 nitrogen and oxygen atoms in total. The van der Waals surface area contributed by atoms with Gasteiger partial charge in [0.1, 0.15) is 0 Å². The number of anilines is 1. The van der Waals surface area contributed by atoms with Crippen molar-refractivity contribution in [1.29, 1.82) is 0 Å². The fraction of sp³-hybridized carbons (Fsp3) is 0.273. The molecule has 1 heterocycles. The number of amides is 2. The Kier molecular flexibility index (Phi) is 5.76. The molecular formula is C22H24N4O5S. The number of carbonyl (C=O) groups excluding carboxylic acids is 1. The summed E-state index contributed by atoms with van der Waals surface area (Å²) >= 11 is 0. The maximum Gasteiger partial charge on any atom is 0.330 e. The molecule has 168 valence electrons. The van der Waals surface area contributed by atoms with Gasteiger partial charge < -0.3 is 15.3 Å². The van der Waals surface area contributed by atoms with E-state index in [0.717, 1.165) is 4.31 Å². The van der Waals surface area contributed by atoms with E-state index < -0.39 is 27.6 Å². The van der Waals surface area contributed by atoms with Crippen molar-refractivity contribution in [2.75, 3.05) is 31.5 Å². The molecule has 3 N–H and O–H groups in total. The van der Waals surface area contributed by atoms with Gasteiger partial charge in [-0.25, -0.2) is 9.59 Å². The summed E-state index contributed by atoms with van der Waals surface area (Å²) in [5.74, 6) is -1.94. The molecule has 1 aliphatic carbocycles. The van der Waals surface area contributed by atoms with E-state index in [-0.39, 0.29) is 32.2 Å². The normalized spacial score (nSPS) is 23.6. The molecule has 32 heavy (non-hydrogen) atoms. The molecule has 2 aromatic rings. The first-order chi connectivity index (χ1) is 15.3. The molecule has 1 saturated heterocycles. The summed E-state index contributed by atoms with van der Waals surface area (Å²) in [6, 6.07) is 17.5. The highest BCUT2D eigenvalue weighted by molar-refractivity contribution is 7.87. The minimum Gasteiger partial charge on any atom is -0.480 e. The van der Waals surface area contributed by atoms with Gasteiger partial charge in [-0.05, 0) is 23.3 Å². The summed E-state index contributed by atoms with van der Waals surface area (Å²) in [7, 11) is -4.12. The van der Waals surface area contributed by atoms with E-state index in [0.29, 0.717) is 16.8 Å². The first kappa shape index (κ1) is 22.0. The lowest BCUT2D eigenvalue weighted by Crippen LogP contribution is -2.57. The highest BCUT2D eigenvalue weighted by atomic mass is 32.2. The number of nitrogens with one attached hydrogen (secondary N) is 2. The summed E-state index contributed by atoms with van der Waals surface area (Å²) in [6.45, 7) is 4.29. The third kappa shape index (κ3) is 3.99. The average molecular weight is 457 g/mol. The second-order valence-electron chi connectivity index (χ2n) is 7.77. The standard InChI is InChI=1S/C22H24N4O5S/c1-16-19(17-8-4-2-5-9-17)22(16,20(27)28)24-32(30,31)26-14-12-25(13-15-26)21(29)23-18-10-6-3-7-11-18/h2-11,19,24H,1,12-15H2,(H,23,29)(H,27,28)/t19-,22+/m1/s1. The number of benzene rings is 2. The monoisotopic (exact) mass is 456 g/mol. The molecule has 0 spiro atoms. The summed E-state index contributed by atoms with van der Waals surface area (Å²) in [5.41, 5.74) is -0.149. The summed E-state index contributed by atoms with van der Waals surface area (Å²) in [5, 5.41) is 12.6. The molecule has 10 heteroatoms. The number of hydrogen-bond donors (Lipinski definition) is 3. The lowest BCUT2D eigenvalue weighted by Gasteiger charge is -2.34. The van der Waals surface area contributed by atoms with Gasteiger partial charge in [0.15, 0.2) is 5.54 Å². The molecule has 0 radical (unpaired) electrons. The highest BCUT2D eigenvalue weighted by Gasteiger charge is 2.67. The molecule has 0 bridgehead atoms. The number of piperazine rings is 1. The Labute approximate surface area is 186 Å². The highest BCUT2D eigenvalue weighted by Crippen LogP contribution is 2.56. The number of carboxylic acid groups (broad SMARTS) is 1. The maximum absolute atomic E-state index is 13.0. The zero-order valence-corrected chi connectivity index (χ0v) is 18.1. The lowest BCUT2D eigenvalue weighted by atomic mass is 10.1. The largest absolute Gasteiger partial charge is 0.480 e. The van der Waals surface area contributed by atoms with Crippen molar-refractivity contribution in [3.05, 3.63) is 78.4 Å². The van der Waals surface area contributed by atoms with Gasteiger partial charge in [0.25, 0.3) is 10.2 Å². The van der Waals surface area contributed by atoms with E-state index >= 15 is 0 Å². The minimum absolute atomic E-state index is 0.0513. The lowest BCUT2D eigenvalue weighted by molar-refractivity contribution is -0.139. The van der Waals surface area contributed by atoms with Crippen molar-refractivity contribution in [2.24, 2.45) is 0 Å². The van der Waals surface area contributed by atoms with E-state index in [9.17, 15) is 23.1 Å². The van der Waals surface area contributed by atoms with E-state index in [1.54, 1.807) is 54.6 Å². The Morgan fingerprint density at radius 3 is 2.09 bits per heavy atom. The molecular weight excluding hydrogens is 432 g/mol. The number of para-hydroxylation sites is 1. The number of aliphatic carboxylic acids is 1. The van der Waals surface area contributed by atoms with Crippen LogP contribution in [0.3, 0.4) is 0 Å². The summed E-state index contributed by atoms with van der Waals surface area (Å²) < 4.78 is 29.6. The number of nitrogens with zero attached hydrogens (tertiary/aromatic N) is 2. The van der Waals surface area contributed by atoms with E-state index in [4.69, 9.17) is 0 Å². The molecule has 1 aliphatic heterocycles. The molecule has 2 amide bonds. The van der Waals surface area contributed by atoms with Gasteiger partial charge in [-0.15, -0.1) is 0 Å². The first-order valence-corrected chi connectivity index (χ1v) is 11.6. The molecule has 0 aromatic heterocycles. The Balaban J connectivity index is 1.42. The Morgan fingerprint density at radius 2 is 1.53 bits per heavy atom. The Bertz CT molecular complexity index is 1130. The van der Waals surface area contributed by atoms with Gasteiger partial charge in [0.05, 0.1) is 0 Å². The fourth-order valence-electron chi connectivity index (χ4n) is 4.04. The summed E-state index contributed by atoms with van der Waals surface area (Å²) in [6.07, 6.45) is 0. The van der Waals surface area contributed by atoms with Crippen molar-refractivity contribution in [3.8, 4) is 0 Å². The van der Waals surface area contributed by atoms with Crippen LogP contribution in [0, 0.1) is 0 Å². The van der Waals surface area contributed by atoms with Gasteiger partial charge in [-0.2, -0.15) is 17.4 Å². The quantitative estimate of drug-likeness (QED) is 0.573. The smallest absolute Gasteiger partial charge is 0.330 e. The van der Waals surface area contributed by atoms with Crippen LogP contribution in [-0.4, -0.2) is 66.4 Å². The van der Waals surface area contributed by atoms with Crippen LogP contribution in [0.25, 0.3) is 0 Å². The Hall–Kier alpha value is -3.21. The van der Waals surface area contributed by atoms with E-state index in [1.807, 2.05) is 6.07 Å². The zero-order chi connectivity index (χ0) is 22.9. The summed E-state index contributed by atoms with van der Waals surface area (Å²) in [4.78, 5) is 26.0. The van der Waals surface area contributed by atoms with Crippen molar-refractivity contribution in [2.45, 2.75) is 11.5 Å². The van der Waals surface area contributed by atoms with Crippen LogP contribution in [0.1, 0.15) is 11.5 Å². The molecule has 2 atom stereocenters. The van der Waals surface area contributed by atoms with Gasteiger partial charge in [-0.1, -0.05) is 55.1 Å². The molecule has 2 fully saturated rings. The molecule has 0 unspecified atom stereocenters. The van der Waals surface area contributed by atoms with Crippen molar-refractivity contribution < 1.29 is 23.1 Å². The zero-order valence-electron chi connectivity index (χ0n) is 17.3. The van der Waals surface area contributed by atoms with Crippen LogP contribution in [-0.2, 0) is 15.0 Å². The molecule has 1 saturated carbocycles. The molecule has 2 aliphatic rings. The molecule has 4 rings (SSSR count). The van der Waals surface area contributed by atoms with Gasteiger partial charge >= 0.3 is 12.0 Å². The van der Waals surface area contributed by atoms with E-state index in [1.165, 1.54) is 4.90 Å². The van der Waals surface area contributed by atoms with Crippen LogP contribution in [0.15, 0.2) is 72.8 Å². The fourth-order valence-corrected chi connectivity index (χ4v) is 5.56. The number of urea groups is 1. The van der Waals surface area contributed by atoms with Gasteiger partial charge in [0.2, 0.25) is 0 Å². The number of carboxylic acids is 1. The van der Waals surface area contributed by atoms with Crippen LogP contribution in [0.5, 0.6) is 0 Å². The Morgan fingerprint density at radius 1 is 0.969 bits per heavy atom. The van der Waals surface area contributed by atoms with Crippen molar-refractivity contribution >= 4 is 27.9 Å². The molecule has 2 aromatic carbocycles. The van der Waals surface area contributed by atoms with Gasteiger partial charge in [-0.3, -0.25) is 0 Å². The number of hydrogen-bond acceptors (Lipinski definition) is 4. The topological polar surface area (TPSA) is 119 Å². The third-order valence-corrected chi connectivity index (χ3v) is 7.48. The average Bonchev–Trinajstić information content (AvgIpc) is 3.38. The van der Waals surface area contributed by atoms with Gasteiger partial charge in [0, 0.05) is 37.8 Å². The second kappa shape index (κ2) is 8.38. The van der Waals surface area contributed by atoms with Crippen molar-refractivity contribution in [1.82, 2.24) is 13.9 Å². The van der Waals surface area contributed by atoms with Crippen LogP contribution >= 0.6 is 0 Å². The maximum atomic E-state index is 13.0. The van der Waals surface area contributed by atoms with Crippen LogP contribution in [0.2, 0.25) is 0 Å². The van der Waals surface area contributed by atoms with Crippen molar-refractivity contribution in [3.63, 3.8) is 0 Å². The second-order valence-corrected chi connectivity index (χ2v) is 9.44. The van der Waals surface area contributed by atoms with Crippen LogP contribution < -0.4 is 10.0 Å². The third-order valence-electron chi connectivity index (χ3n) is 5.86. The number of carbonyl (C=O) groups is 2. The number of rotatable bonds is 6. The van der Waals surface area contributed by atoms with E-state index in [2.05, 4.69) is 16.6 Å².